The monoisotopic (exact) mass is 256 g/mol. The molecule has 0 aromatic rings. The molecule has 9 heteroatoms. The van der Waals surface area contributed by atoms with Crippen LogP contribution in [0, 0.1) is 0 Å². The molecule has 0 aliphatic rings. The highest BCUT2D eigenvalue weighted by atomic mass is 32.3. The van der Waals surface area contributed by atoms with Gasteiger partial charge in [0.15, 0.2) is 0 Å². The average molecular weight is 256 g/mol. The lowest BCUT2D eigenvalue weighted by atomic mass is 10.6. The lowest BCUT2D eigenvalue weighted by Gasteiger charge is -2.18. The van der Waals surface area contributed by atoms with Crippen molar-refractivity contribution in [3.05, 3.63) is 0 Å². The lowest BCUT2D eigenvalue weighted by Crippen LogP contribution is -2.39. The molecule has 15 heavy (non-hydrogen) atoms. The number of amides is 1. The van der Waals surface area contributed by atoms with Gasteiger partial charge in [0.2, 0.25) is 26.0 Å². The molecule has 88 valence electrons. The Morgan fingerprint density at radius 2 is 1.33 bits per heavy atom. The zero-order chi connectivity index (χ0) is 12.4. The molecule has 0 fully saturated rings. The Morgan fingerprint density at radius 1 is 1.00 bits per heavy atom. The van der Waals surface area contributed by atoms with Gasteiger partial charge in [0.25, 0.3) is 0 Å². The first kappa shape index (κ1) is 14.0. The second kappa shape index (κ2) is 4.27. The molecule has 0 bridgehead atoms. The van der Waals surface area contributed by atoms with Crippen LogP contribution in [-0.4, -0.2) is 44.8 Å². The van der Waals surface area contributed by atoms with Crippen molar-refractivity contribution < 1.29 is 21.6 Å². The van der Waals surface area contributed by atoms with Crippen LogP contribution in [0.1, 0.15) is 13.8 Å². The van der Waals surface area contributed by atoms with E-state index in [-0.39, 0.29) is 3.71 Å². The smallest absolute Gasteiger partial charge is 0.246 e. The quantitative estimate of drug-likeness (QED) is 0.474. The molecule has 0 aliphatic heterocycles. The van der Waals surface area contributed by atoms with Gasteiger partial charge in [-0.15, -0.1) is 0 Å². The molecule has 0 unspecified atom stereocenters. The largest absolute Gasteiger partial charge is 0.273 e. The van der Waals surface area contributed by atoms with E-state index in [4.69, 9.17) is 0 Å². The van der Waals surface area contributed by atoms with Gasteiger partial charge < -0.3 is 0 Å². The molecule has 0 spiro atoms. The van der Waals surface area contributed by atoms with E-state index in [1.165, 1.54) is 0 Å². The van der Waals surface area contributed by atoms with Crippen LogP contribution in [0.3, 0.4) is 0 Å². The molecule has 0 radical (unpaired) electrons. The molecule has 0 aromatic heterocycles. The maximum atomic E-state index is 11.2. The fourth-order valence-electron chi connectivity index (χ4n) is 0.995. The summed E-state index contributed by atoms with van der Waals surface area (Å²) in [5.74, 6) is -1.07. The number of rotatable bonds is 2. The molecular weight excluding hydrogens is 244 g/mol. The van der Waals surface area contributed by atoms with Crippen molar-refractivity contribution in [2.75, 3.05) is 12.5 Å². The Kier molecular flexibility index (Phi) is 4.00. The van der Waals surface area contributed by atoms with Gasteiger partial charge in [0.1, 0.15) is 5.84 Å². The van der Waals surface area contributed by atoms with Crippen LogP contribution in [0.15, 0.2) is 4.99 Å². The SMILES string of the molecule is CC(=O)/N=C(/C)N(S(C)(=O)=O)S(C)(=O)=O. The van der Waals surface area contributed by atoms with Crippen LogP contribution in [0.2, 0.25) is 0 Å². The first-order chi connectivity index (χ1) is 6.46. The zero-order valence-electron chi connectivity index (χ0n) is 8.75. The minimum atomic E-state index is -4.01. The zero-order valence-corrected chi connectivity index (χ0v) is 10.4. The molecule has 0 aliphatic carbocycles. The molecule has 0 aromatic carbocycles. The van der Waals surface area contributed by atoms with E-state index in [0.29, 0.717) is 12.5 Å². The van der Waals surface area contributed by atoms with Gasteiger partial charge in [-0.3, -0.25) is 4.79 Å². The van der Waals surface area contributed by atoms with Gasteiger partial charge in [-0.25, -0.2) is 16.8 Å². The van der Waals surface area contributed by atoms with Crippen LogP contribution in [0.25, 0.3) is 0 Å². The number of amidine groups is 1. The minimum absolute atomic E-state index is 0.113. The van der Waals surface area contributed by atoms with E-state index in [9.17, 15) is 21.6 Å². The molecule has 7 nitrogen and oxygen atoms in total. The summed E-state index contributed by atoms with van der Waals surface area (Å²) >= 11 is 0. The average Bonchev–Trinajstić information content (AvgIpc) is 1.74. The summed E-state index contributed by atoms with van der Waals surface area (Å²) < 4.78 is 44.7. The number of sulfonamides is 2. The molecule has 0 saturated heterocycles. The molecule has 0 saturated carbocycles. The van der Waals surface area contributed by atoms with Crippen LogP contribution >= 0.6 is 0 Å². The Morgan fingerprint density at radius 3 is 1.53 bits per heavy atom. The number of aliphatic imine (C=N–C) groups is 1. The summed E-state index contributed by atoms with van der Waals surface area (Å²) in [7, 11) is -8.01. The molecule has 0 heterocycles. The number of carbonyl (C=O) groups is 1. The highest BCUT2D eigenvalue weighted by Gasteiger charge is 2.28. The highest BCUT2D eigenvalue weighted by molar-refractivity contribution is 8.04. The second-order valence-electron chi connectivity index (χ2n) is 2.90. The first-order valence-electron chi connectivity index (χ1n) is 3.72. The van der Waals surface area contributed by atoms with Gasteiger partial charge >= 0.3 is 0 Å². The van der Waals surface area contributed by atoms with Gasteiger partial charge in [-0.2, -0.15) is 8.70 Å². The predicted octanol–water partition coefficient (Wildman–Crippen LogP) is -0.827. The third kappa shape index (κ3) is 4.38. The lowest BCUT2D eigenvalue weighted by molar-refractivity contribution is -0.115. The highest BCUT2D eigenvalue weighted by Crippen LogP contribution is 2.06. The van der Waals surface area contributed by atoms with Crippen LogP contribution in [-0.2, 0) is 24.8 Å². The van der Waals surface area contributed by atoms with Crippen LogP contribution in [0.5, 0.6) is 0 Å². The summed E-state index contributed by atoms with van der Waals surface area (Å²) in [5.41, 5.74) is 0. The van der Waals surface area contributed by atoms with Crippen molar-refractivity contribution in [2.45, 2.75) is 13.8 Å². The Hall–Kier alpha value is -0.960. The van der Waals surface area contributed by atoms with E-state index < -0.39 is 31.8 Å². The minimum Gasteiger partial charge on any atom is -0.273 e. The van der Waals surface area contributed by atoms with Crippen molar-refractivity contribution in [3.63, 3.8) is 0 Å². The fourth-order valence-corrected chi connectivity index (χ4v) is 4.00. The van der Waals surface area contributed by atoms with Gasteiger partial charge in [0, 0.05) is 6.92 Å². The van der Waals surface area contributed by atoms with Crippen molar-refractivity contribution in [3.8, 4) is 0 Å². The standard InChI is InChI=1S/C6H12N2O5S2/c1-5(7-6(2)9)8(14(3,10)11)15(4,12)13/h1-4H3/b7-5-. The van der Waals surface area contributed by atoms with Crippen LogP contribution in [0.4, 0.5) is 0 Å². The Balaban J connectivity index is 5.66. The van der Waals surface area contributed by atoms with E-state index in [1.54, 1.807) is 0 Å². The summed E-state index contributed by atoms with van der Waals surface area (Å²) in [5, 5.41) is 0. The summed E-state index contributed by atoms with van der Waals surface area (Å²) in [4.78, 5) is 13.9. The van der Waals surface area contributed by atoms with E-state index >= 15 is 0 Å². The van der Waals surface area contributed by atoms with E-state index in [2.05, 4.69) is 4.99 Å². The van der Waals surface area contributed by atoms with Crippen LogP contribution < -0.4 is 0 Å². The Bertz CT molecular complexity index is 456. The van der Waals surface area contributed by atoms with Crippen molar-refractivity contribution in [1.82, 2.24) is 3.71 Å². The molecule has 1 amide bonds. The van der Waals surface area contributed by atoms with Crippen molar-refractivity contribution >= 4 is 31.8 Å². The number of nitrogens with zero attached hydrogens (tertiary/aromatic N) is 2. The second-order valence-corrected chi connectivity index (χ2v) is 6.79. The van der Waals surface area contributed by atoms with Gasteiger partial charge in [-0.1, -0.05) is 0 Å². The van der Waals surface area contributed by atoms with E-state index in [1.807, 2.05) is 0 Å². The first-order valence-corrected chi connectivity index (χ1v) is 7.42. The van der Waals surface area contributed by atoms with E-state index in [0.717, 1.165) is 13.8 Å². The maximum Gasteiger partial charge on any atom is 0.246 e. The third-order valence-electron chi connectivity index (χ3n) is 1.19. The number of carbonyl (C=O) groups excluding carboxylic acids is 1. The molecular formula is C6H12N2O5S2. The molecule has 0 atom stereocenters. The predicted molar refractivity (Wildman–Crippen MR) is 55.3 cm³/mol. The maximum absolute atomic E-state index is 11.2. The van der Waals surface area contributed by atoms with Crippen molar-refractivity contribution in [1.29, 1.82) is 0 Å². The number of hydrogen-bond donors (Lipinski definition) is 0. The normalized spacial score (nSPS) is 13.7. The van der Waals surface area contributed by atoms with Crippen molar-refractivity contribution in [2.24, 2.45) is 4.99 Å². The fraction of sp³-hybridized carbons (Fsp3) is 0.667. The molecule has 0 N–H and O–H groups in total. The third-order valence-corrected chi connectivity index (χ3v) is 4.54. The summed E-state index contributed by atoms with van der Waals surface area (Å²) in [6.07, 6.45) is 1.43. The summed E-state index contributed by atoms with van der Waals surface area (Å²) in [6, 6.07) is 0. The van der Waals surface area contributed by atoms with Gasteiger partial charge in [-0.05, 0) is 6.92 Å². The summed E-state index contributed by atoms with van der Waals surface area (Å²) in [6.45, 7) is 2.22. The number of hydrogen-bond acceptors (Lipinski definition) is 5. The molecule has 0 rings (SSSR count). The topological polar surface area (TPSA) is 101 Å². The Labute approximate surface area is 88.9 Å². The van der Waals surface area contributed by atoms with Gasteiger partial charge in [0.05, 0.1) is 12.5 Å².